The minimum atomic E-state index is -1.60. The van der Waals surface area contributed by atoms with E-state index in [1.165, 1.54) is 70.6 Å². The molecule has 0 radical (unpaired) electrons. The maximum atomic E-state index is 11.9. The lowest BCUT2D eigenvalue weighted by atomic mass is 10.1. The summed E-state index contributed by atoms with van der Waals surface area (Å²) in [6, 6.07) is 0. The summed E-state index contributed by atoms with van der Waals surface area (Å²) < 4.78 is 11.4. The number of halogens is 1. The summed E-state index contributed by atoms with van der Waals surface area (Å²) >= 11 is 3.44. The molecule has 0 unspecified atom stereocenters. The van der Waals surface area contributed by atoms with Gasteiger partial charge in [0.05, 0.1) is 6.10 Å². The van der Waals surface area contributed by atoms with E-state index in [2.05, 4.69) is 54.6 Å². The van der Waals surface area contributed by atoms with E-state index < -0.39 is 8.32 Å². The Labute approximate surface area is 190 Å². The van der Waals surface area contributed by atoms with E-state index in [1.54, 1.807) is 0 Å². The van der Waals surface area contributed by atoms with Crippen LogP contribution in [0.5, 0.6) is 0 Å². The lowest BCUT2D eigenvalue weighted by molar-refractivity contribution is -0.146. The van der Waals surface area contributed by atoms with Crippen molar-refractivity contribution in [3.8, 4) is 0 Å². The lowest BCUT2D eigenvalue weighted by Gasteiger charge is -2.24. The van der Waals surface area contributed by atoms with Crippen LogP contribution < -0.4 is 0 Å². The SMILES string of the molecule is CCCCCCCC/C=C\CCCCCCCC(=O)OC[C@H](CBr)O[Si](C)(C)C. The first-order valence-corrected chi connectivity index (χ1v) is 16.5. The Morgan fingerprint density at radius 3 is 1.90 bits per heavy atom. The second-order valence-electron chi connectivity index (χ2n) is 9.02. The number of ether oxygens (including phenoxy) is 1. The van der Waals surface area contributed by atoms with E-state index in [9.17, 15) is 4.79 Å². The maximum absolute atomic E-state index is 11.9. The van der Waals surface area contributed by atoms with E-state index in [0.29, 0.717) is 18.4 Å². The lowest BCUT2D eigenvalue weighted by Crippen LogP contribution is -2.36. The normalized spacial score (nSPS) is 13.1. The van der Waals surface area contributed by atoms with Crippen LogP contribution in [0.25, 0.3) is 0 Å². The van der Waals surface area contributed by atoms with Crippen molar-refractivity contribution in [2.75, 3.05) is 11.9 Å². The van der Waals surface area contributed by atoms with E-state index >= 15 is 0 Å². The molecule has 0 spiro atoms. The third-order valence-corrected chi connectivity index (χ3v) is 6.53. The highest BCUT2D eigenvalue weighted by Gasteiger charge is 2.21. The summed E-state index contributed by atoms with van der Waals surface area (Å²) in [7, 11) is -1.60. The quantitative estimate of drug-likeness (QED) is 0.0566. The highest BCUT2D eigenvalue weighted by atomic mass is 79.9. The molecule has 29 heavy (non-hydrogen) atoms. The van der Waals surface area contributed by atoms with Crippen molar-refractivity contribution < 1.29 is 14.0 Å². The van der Waals surface area contributed by atoms with Crippen molar-refractivity contribution in [1.82, 2.24) is 0 Å². The molecule has 0 amide bonds. The van der Waals surface area contributed by atoms with Gasteiger partial charge in [-0.05, 0) is 51.7 Å². The van der Waals surface area contributed by atoms with Crippen LogP contribution in [0, 0.1) is 0 Å². The molecule has 0 bridgehead atoms. The molecule has 0 saturated carbocycles. The number of alkyl halides is 1. The first kappa shape index (κ1) is 28.9. The first-order chi connectivity index (χ1) is 13.9. The predicted molar refractivity (Wildman–Crippen MR) is 132 cm³/mol. The zero-order valence-electron chi connectivity index (χ0n) is 19.6. The summed E-state index contributed by atoms with van der Waals surface area (Å²) in [4.78, 5) is 11.9. The van der Waals surface area contributed by atoms with Crippen molar-refractivity contribution >= 4 is 30.2 Å². The number of carbonyl (C=O) groups is 1. The van der Waals surface area contributed by atoms with Crippen LogP contribution >= 0.6 is 15.9 Å². The van der Waals surface area contributed by atoms with Gasteiger partial charge in [0.1, 0.15) is 6.61 Å². The molecule has 0 fully saturated rings. The molecule has 0 aromatic heterocycles. The van der Waals surface area contributed by atoms with Crippen LogP contribution in [-0.4, -0.2) is 32.3 Å². The molecule has 1 atom stereocenters. The Hall–Kier alpha value is -0.133. The molecule has 172 valence electrons. The highest BCUT2D eigenvalue weighted by Crippen LogP contribution is 2.12. The van der Waals surface area contributed by atoms with Gasteiger partial charge in [0, 0.05) is 11.8 Å². The van der Waals surface area contributed by atoms with Gasteiger partial charge in [0.25, 0.3) is 0 Å². The average molecular weight is 492 g/mol. The Kier molecular flexibility index (Phi) is 19.7. The maximum Gasteiger partial charge on any atom is 0.305 e. The Morgan fingerprint density at radius 1 is 0.862 bits per heavy atom. The average Bonchev–Trinajstić information content (AvgIpc) is 2.67. The molecule has 3 nitrogen and oxygen atoms in total. The van der Waals surface area contributed by atoms with E-state index in [-0.39, 0.29) is 12.1 Å². The molecule has 0 aromatic rings. The van der Waals surface area contributed by atoms with Crippen LogP contribution in [0.3, 0.4) is 0 Å². The van der Waals surface area contributed by atoms with Crippen LogP contribution in [0.4, 0.5) is 0 Å². The van der Waals surface area contributed by atoms with Crippen LogP contribution in [0.2, 0.25) is 19.6 Å². The van der Waals surface area contributed by atoms with Crippen LogP contribution in [-0.2, 0) is 14.0 Å². The van der Waals surface area contributed by atoms with E-state index in [0.717, 1.165) is 12.8 Å². The first-order valence-electron chi connectivity index (χ1n) is 11.9. The Balaban J connectivity index is 3.45. The van der Waals surface area contributed by atoms with E-state index in [1.807, 2.05) is 0 Å². The number of hydrogen-bond donors (Lipinski definition) is 0. The molecule has 0 aliphatic rings. The standard InChI is InChI=1S/C24H47BrO3Si/c1-5-6-7-8-9-10-11-12-13-14-15-16-17-18-19-20-24(26)27-22-23(21-25)28-29(2,3)4/h12-13,23H,5-11,14-22H2,1-4H3/b13-12-/t23-/m0/s1. The fourth-order valence-corrected chi connectivity index (χ4v) is 4.92. The third-order valence-electron chi connectivity index (χ3n) is 4.77. The van der Waals surface area contributed by atoms with Crippen molar-refractivity contribution in [2.45, 2.75) is 123 Å². The number of unbranched alkanes of at least 4 members (excludes halogenated alkanes) is 11. The number of allylic oxidation sites excluding steroid dienone is 2. The minimum Gasteiger partial charge on any atom is -0.463 e. The van der Waals surface area contributed by atoms with Gasteiger partial charge in [-0.1, -0.05) is 86.4 Å². The fraction of sp³-hybridized carbons (Fsp3) is 0.875. The monoisotopic (exact) mass is 490 g/mol. The van der Waals surface area contributed by atoms with Gasteiger partial charge in [0.2, 0.25) is 0 Å². The largest absolute Gasteiger partial charge is 0.463 e. The zero-order valence-corrected chi connectivity index (χ0v) is 22.2. The van der Waals surface area contributed by atoms with Crippen LogP contribution in [0.1, 0.15) is 96.8 Å². The van der Waals surface area contributed by atoms with Gasteiger partial charge in [-0.2, -0.15) is 0 Å². The molecule has 0 aromatic carbocycles. The van der Waals surface area contributed by atoms with Gasteiger partial charge >= 0.3 is 5.97 Å². The minimum absolute atomic E-state index is 0.0280. The van der Waals surface area contributed by atoms with Crippen molar-refractivity contribution in [3.63, 3.8) is 0 Å². The molecule has 5 heteroatoms. The van der Waals surface area contributed by atoms with Crippen molar-refractivity contribution in [1.29, 1.82) is 0 Å². The van der Waals surface area contributed by atoms with Gasteiger partial charge in [-0.15, -0.1) is 0 Å². The van der Waals surface area contributed by atoms with E-state index in [4.69, 9.17) is 9.16 Å². The summed E-state index contributed by atoms with van der Waals surface area (Å²) in [6.07, 6.45) is 21.7. The number of hydrogen-bond acceptors (Lipinski definition) is 3. The summed E-state index contributed by atoms with van der Waals surface area (Å²) in [6.45, 7) is 9.07. The summed E-state index contributed by atoms with van der Waals surface area (Å²) in [5, 5.41) is 0.706. The highest BCUT2D eigenvalue weighted by molar-refractivity contribution is 9.09. The third kappa shape index (κ3) is 22.4. The second kappa shape index (κ2) is 19.8. The van der Waals surface area contributed by atoms with Gasteiger partial charge < -0.3 is 9.16 Å². The number of esters is 1. The predicted octanol–water partition coefficient (Wildman–Crippen LogP) is 8.18. The molecular formula is C24H47BrO3Si. The smallest absolute Gasteiger partial charge is 0.305 e. The second-order valence-corrected chi connectivity index (χ2v) is 14.1. The molecule has 0 aliphatic heterocycles. The Bertz CT molecular complexity index is 407. The van der Waals surface area contributed by atoms with Crippen LogP contribution in [0.15, 0.2) is 12.2 Å². The molecule has 0 saturated heterocycles. The number of rotatable bonds is 20. The summed E-state index contributed by atoms with van der Waals surface area (Å²) in [5.41, 5.74) is 0. The summed E-state index contributed by atoms with van der Waals surface area (Å²) in [5.74, 6) is -0.0900. The van der Waals surface area contributed by atoms with Crippen molar-refractivity contribution in [3.05, 3.63) is 12.2 Å². The Morgan fingerprint density at radius 2 is 1.38 bits per heavy atom. The van der Waals surface area contributed by atoms with Gasteiger partial charge in [0.15, 0.2) is 8.32 Å². The van der Waals surface area contributed by atoms with Crippen molar-refractivity contribution in [2.24, 2.45) is 0 Å². The molecular weight excluding hydrogens is 444 g/mol. The van der Waals surface area contributed by atoms with Gasteiger partial charge in [-0.3, -0.25) is 4.79 Å². The number of carbonyl (C=O) groups excluding carboxylic acids is 1. The molecule has 0 N–H and O–H groups in total. The zero-order chi connectivity index (χ0) is 21.8. The molecule has 0 heterocycles. The molecule has 0 rings (SSSR count). The van der Waals surface area contributed by atoms with Gasteiger partial charge in [-0.25, -0.2) is 0 Å². The molecule has 0 aliphatic carbocycles. The topological polar surface area (TPSA) is 35.5 Å². The fourth-order valence-electron chi connectivity index (χ4n) is 3.21.